The van der Waals surface area contributed by atoms with Crippen molar-refractivity contribution in [3.05, 3.63) is 34.7 Å². The summed E-state index contributed by atoms with van der Waals surface area (Å²) in [5, 5.41) is 8.82. The van der Waals surface area contributed by atoms with Gasteiger partial charge in [0.1, 0.15) is 10.5 Å². The highest BCUT2D eigenvalue weighted by Gasteiger charge is 2.42. The Bertz CT molecular complexity index is 1120. The van der Waals surface area contributed by atoms with Crippen LogP contribution in [0.3, 0.4) is 0 Å². The first kappa shape index (κ1) is 22.9. The highest BCUT2D eigenvalue weighted by molar-refractivity contribution is 7.16. The molecule has 0 saturated carbocycles. The molecule has 3 N–H and O–H groups in total. The molecule has 0 unspecified atom stereocenters. The first-order valence-electron chi connectivity index (χ1n) is 10.7. The number of thiophene rings is 1. The van der Waals surface area contributed by atoms with Crippen molar-refractivity contribution in [3.8, 4) is 11.5 Å². The summed E-state index contributed by atoms with van der Waals surface area (Å²) in [6.45, 7) is 10.4. The van der Waals surface area contributed by atoms with Crippen molar-refractivity contribution in [2.24, 2.45) is 0 Å². The number of nitrogens with one attached hydrogen (secondary N) is 3. The van der Waals surface area contributed by atoms with Gasteiger partial charge in [-0.2, -0.15) is 0 Å². The molecule has 1 aromatic heterocycles. The van der Waals surface area contributed by atoms with Crippen LogP contribution >= 0.6 is 11.3 Å². The number of carbonyl (C=O) groups excluding carboxylic acids is 3. The van der Waals surface area contributed by atoms with Crippen molar-refractivity contribution in [2.75, 3.05) is 30.5 Å². The molecule has 0 atom stereocenters. The molecule has 2 aliphatic rings. The van der Waals surface area contributed by atoms with E-state index >= 15 is 0 Å². The lowest BCUT2D eigenvalue weighted by Gasteiger charge is -2.41. The fourth-order valence-electron chi connectivity index (χ4n) is 3.70. The molecule has 1 saturated heterocycles. The third kappa shape index (κ3) is 4.35. The zero-order valence-electron chi connectivity index (χ0n) is 19.3. The Hall–Kier alpha value is -3.27. The van der Waals surface area contributed by atoms with Gasteiger partial charge in [-0.15, -0.1) is 11.3 Å². The van der Waals surface area contributed by atoms with Crippen molar-refractivity contribution in [3.63, 3.8) is 0 Å². The first-order chi connectivity index (χ1) is 15.5. The highest BCUT2D eigenvalue weighted by atomic mass is 32.1. The van der Waals surface area contributed by atoms with Gasteiger partial charge < -0.3 is 25.0 Å². The number of ether oxygens (including phenoxy) is 2. The highest BCUT2D eigenvalue weighted by Crippen LogP contribution is 2.40. The molecule has 176 valence electrons. The second kappa shape index (κ2) is 8.26. The Balaban J connectivity index is 1.62. The Kier molecular flexibility index (Phi) is 5.73. The zero-order valence-corrected chi connectivity index (χ0v) is 20.1. The third-order valence-electron chi connectivity index (χ3n) is 5.67. The Labute approximate surface area is 196 Å². The lowest BCUT2D eigenvalue weighted by atomic mass is 9.93. The predicted molar refractivity (Wildman–Crippen MR) is 126 cm³/mol. The quantitative estimate of drug-likeness (QED) is 0.630. The molecule has 4 amide bonds. The second-order valence-electron chi connectivity index (χ2n) is 9.49. The minimum atomic E-state index is -0.999. The van der Waals surface area contributed by atoms with Crippen LogP contribution in [-0.2, 0) is 10.2 Å². The molecule has 1 fully saturated rings. The number of benzene rings is 1. The number of para-hydroxylation sites is 1. The molecule has 33 heavy (non-hydrogen) atoms. The van der Waals surface area contributed by atoms with Gasteiger partial charge in [-0.3, -0.25) is 14.9 Å². The van der Waals surface area contributed by atoms with Gasteiger partial charge in [0, 0.05) is 18.0 Å². The van der Waals surface area contributed by atoms with E-state index in [1.54, 1.807) is 36.9 Å². The van der Waals surface area contributed by atoms with Crippen LogP contribution in [0.1, 0.15) is 49.9 Å². The van der Waals surface area contributed by atoms with Crippen LogP contribution in [0.5, 0.6) is 11.5 Å². The molecule has 0 aliphatic carbocycles. The number of piperazine rings is 1. The largest absolute Gasteiger partial charge is 0.454 e. The number of amides is 4. The van der Waals surface area contributed by atoms with E-state index < -0.39 is 11.6 Å². The van der Waals surface area contributed by atoms with Gasteiger partial charge in [0.25, 0.3) is 5.91 Å². The van der Waals surface area contributed by atoms with Crippen molar-refractivity contribution < 1.29 is 23.9 Å². The zero-order chi connectivity index (χ0) is 24.0. The van der Waals surface area contributed by atoms with E-state index in [-0.39, 0.29) is 24.0 Å². The molecule has 4 rings (SSSR count). The maximum absolute atomic E-state index is 13.6. The first-order valence-corrected chi connectivity index (χ1v) is 11.5. The molecule has 2 aliphatic heterocycles. The Morgan fingerprint density at radius 2 is 1.94 bits per heavy atom. The number of nitrogens with zero attached hydrogens (tertiary/aromatic N) is 1. The fraction of sp³-hybridized carbons (Fsp3) is 0.435. The number of anilines is 2. The van der Waals surface area contributed by atoms with E-state index in [1.807, 2.05) is 26.8 Å². The summed E-state index contributed by atoms with van der Waals surface area (Å²) in [5.41, 5.74) is -0.394. The SMILES string of the molecule is CC(C)(C)c1cc(C(=O)N2CCNC(=O)C2(C)C)c(NC(=O)Nc2cccc3c2OCO3)s1. The Morgan fingerprint density at radius 1 is 1.18 bits per heavy atom. The summed E-state index contributed by atoms with van der Waals surface area (Å²) in [6, 6.07) is 6.52. The molecule has 1 aromatic carbocycles. The summed E-state index contributed by atoms with van der Waals surface area (Å²) < 4.78 is 10.8. The predicted octanol–water partition coefficient (Wildman–Crippen LogP) is 3.77. The van der Waals surface area contributed by atoms with Crippen LogP contribution in [-0.4, -0.2) is 48.2 Å². The lowest BCUT2D eigenvalue weighted by molar-refractivity contribution is -0.133. The van der Waals surface area contributed by atoms with Gasteiger partial charge in [-0.1, -0.05) is 26.8 Å². The van der Waals surface area contributed by atoms with Crippen molar-refractivity contribution >= 4 is 39.9 Å². The van der Waals surface area contributed by atoms with E-state index in [0.29, 0.717) is 40.8 Å². The minimum Gasteiger partial charge on any atom is -0.454 e. The van der Waals surface area contributed by atoms with Crippen molar-refractivity contribution in [2.45, 2.75) is 45.6 Å². The van der Waals surface area contributed by atoms with Crippen LogP contribution < -0.4 is 25.4 Å². The van der Waals surface area contributed by atoms with Gasteiger partial charge in [0.2, 0.25) is 12.7 Å². The van der Waals surface area contributed by atoms with Crippen molar-refractivity contribution in [1.29, 1.82) is 0 Å². The Morgan fingerprint density at radius 3 is 2.67 bits per heavy atom. The number of hydrogen-bond donors (Lipinski definition) is 3. The van der Waals surface area contributed by atoms with Gasteiger partial charge in [-0.05, 0) is 37.5 Å². The molecular weight excluding hydrogens is 444 g/mol. The van der Waals surface area contributed by atoms with E-state index in [0.717, 1.165) is 4.88 Å². The molecule has 9 nitrogen and oxygen atoms in total. The number of carbonyl (C=O) groups is 3. The van der Waals surface area contributed by atoms with E-state index in [9.17, 15) is 14.4 Å². The van der Waals surface area contributed by atoms with E-state index in [4.69, 9.17) is 9.47 Å². The molecule has 2 aromatic rings. The summed E-state index contributed by atoms with van der Waals surface area (Å²) in [5.74, 6) is 0.516. The van der Waals surface area contributed by atoms with Crippen LogP contribution in [0.2, 0.25) is 0 Å². The standard InChI is InChI=1S/C23H28N4O5S/c1-22(2,3)16-11-13(19(28)27-10-9-24-20(29)23(27,4)5)18(33-16)26-21(30)25-14-7-6-8-15-17(14)32-12-31-15/h6-8,11H,9-10,12H2,1-5H3,(H,24,29)(H2,25,26,30). The second-order valence-corrected chi connectivity index (χ2v) is 10.5. The average Bonchev–Trinajstić information content (AvgIpc) is 3.37. The maximum Gasteiger partial charge on any atom is 0.324 e. The topological polar surface area (TPSA) is 109 Å². The molecule has 0 bridgehead atoms. The van der Waals surface area contributed by atoms with Gasteiger partial charge >= 0.3 is 6.03 Å². The van der Waals surface area contributed by atoms with E-state index in [2.05, 4.69) is 16.0 Å². The summed E-state index contributed by atoms with van der Waals surface area (Å²) in [4.78, 5) is 41.3. The number of fused-ring (bicyclic) bond motifs is 1. The number of hydrogen-bond acceptors (Lipinski definition) is 6. The van der Waals surface area contributed by atoms with Crippen LogP contribution in [0.25, 0.3) is 0 Å². The molecule has 0 spiro atoms. The minimum absolute atomic E-state index is 0.0906. The van der Waals surface area contributed by atoms with Gasteiger partial charge in [-0.25, -0.2) is 4.79 Å². The molecular formula is C23H28N4O5S. The summed E-state index contributed by atoms with van der Waals surface area (Å²) >= 11 is 1.35. The van der Waals surface area contributed by atoms with E-state index in [1.165, 1.54) is 11.3 Å². The van der Waals surface area contributed by atoms with Crippen LogP contribution in [0, 0.1) is 0 Å². The third-order valence-corrected chi connectivity index (χ3v) is 7.15. The average molecular weight is 473 g/mol. The number of urea groups is 1. The van der Waals surface area contributed by atoms with Gasteiger partial charge in [0.05, 0.1) is 11.3 Å². The summed E-state index contributed by atoms with van der Waals surface area (Å²) in [7, 11) is 0. The molecule has 0 radical (unpaired) electrons. The van der Waals surface area contributed by atoms with Crippen LogP contribution in [0.15, 0.2) is 24.3 Å². The normalized spacial score (nSPS) is 16.9. The van der Waals surface area contributed by atoms with Crippen LogP contribution in [0.4, 0.5) is 15.5 Å². The van der Waals surface area contributed by atoms with Gasteiger partial charge in [0.15, 0.2) is 11.5 Å². The molecule has 3 heterocycles. The molecule has 10 heteroatoms. The number of rotatable bonds is 3. The smallest absolute Gasteiger partial charge is 0.324 e. The fourth-order valence-corrected chi connectivity index (χ4v) is 4.80. The van der Waals surface area contributed by atoms with Crippen molar-refractivity contribution in [1.82, 2.24) is 10.2 Å². The maximum atomic E-state index is 13.6. The lowest BCUT2D eigenvalue weighted by Crippen LogP contribution is -2.63. The monoisotopic (exact) mass is 472 g/mol. The summed E-state index contributed by atoms with van der Waals surface area (Å²) in [6.07, 6.45) is 0.